The second-order valence-electron chi connectivity index (χ2n) is 4.84. The lowest BCUT2D eigenvalue weighted by Gasteiger charge is -2.07. The summed E-state index contributed by atoms with van der Waals surface area (Å²) in [5.41, 5.74) is 8.37. The Labute approximate surface area is 151 Å². The number of fused-ring (bicyclic) bond motifs is 1. The maximum Gasteiger partial charge on any atom is 0.355 e. The first-order chi connectivity index (χ1) is 10.2. The Kier molecular flexibility index (Phi) is 5.52. The third kappa shape index (κ3) is 3.15. The predicted octanol–water partition coefficient (Wildman–Crippen LogP) is -0.216. The van der Waals surface area contributed by atoms with Crippen molar-refractivity contribution >= 4 is 28.6 Å². The lowest BCUT2D eigenvalue weighted by molar-refractivity contribution is -0.630. The SMILES string of the molecule is C[n+]1c(N)n(CCOc2ccccc2Cl)c2ccccc21.[I-]. The summed E-state index contributed by atoms with van der Waals surface area (Å²) in [6, 6.07) is 15.6. The molecule has 0 unspecified atom stereocenters. The van der Waals surface area contributed by atoms with Crippen LogP contribution in [0.1, 0.15) is 0 Å². The lowest BCUT2D eigenvalue weighted by Crippen LogP contribution is -3.00. The molecule has 0 aliphatic heterocycles. The number of ether oxygens (including phenoxy) is 1. The monoisotopic (exact) mass is 429 g/mol. The molecule has 0 saturated carbocycles. The van der Waals surface area contributed by atoms with Crippen LogP contribution in [-0.4, -0.2) is 11.2 Å². The molecule has 116 valence electrons. The van der Waals surface area contributed by atoms with E-state index in [1.54, 1.807) is 0 Å². The van der Waals surface area contributed by atoms with Crippen molar-refractivity contribution in [2.24, 2.45) is 7.05 Å². The van der Waals surface area contributed by atoms with Crippen LogP contribution >= 0.6 is 11.6 Å². The Hall–Kier alpha value is -1.47. The van der Waals surface area contributed by atoms with E-state index in [2.05, 4.69) is 12.1 Å². The number of nitrogens with zero attached hydrogens (tertiary/aromatic N) is 2. The van der Waals surface area contributed by atoms with Gasteiger partial charge in [0, 0.05) is 0 Å². The van der Waals surface area contributed by atoms with Gasteiger partial charge in [-0.3, -0.25) is 5.73 Å². The average molecular weight is 430 g/mol. The first kappa shape index (κ1) is 16.9. The van der Waals surface area contributed by atoms with Gasteiger partial charge in [-0.05, 0) is 24.3 Å². The van der Waals surface area contributed by atoms with Crippen molar-refractivity contribution in [2.75, 3.05) is 12.3 Å². The molecule has 0 aliphatic rings. The van der Waals surface area contributed by atoms with Gasteiger partial charge in [0.15, 0.2) is 0 Å². The van der Waals surface area contributed by atoms with Crippen molar-refractivity contribution in [2.45, 2.75) is 6.54 Å². The van der Waals surface area contributed by atoms with Crippen LogP contribution in [0.15, 0.2) is 48.5 Å². The number of aryl methyl sites for hydroxylation is 1. The van der Waals surface area contributed by atoms with Crippen LogP contribution in [-0.2, 0) is 13.6 Å². The molecular formula is C16H17ClIN3O. The van der Waals surface area contributed by atoms with Crippen molar-refractivity contribution in [3.63, 3.8) is 0 Å². The van der Waals surface area contributed by atoms with Crippen molar-refractivity contribution < 1.29 is 33.3 Å². The molecule has 0 spiro atoms. The highest BCUT2D eigenvalue weighted by atomic mass is 127. The summed E-state index contributed by atoms with van der Waals surface area (Å²) in [6.45, 7) is 1.17. The van der Waals surface area contributed by atoms with E-state index in [9.17, 15) is 0 Å². The van der Waals surface area contributed by atoms with Crippen molar-refractivity contribution in [1.82, 2.24) is 4.57 Å². The number of aromatic nitrogens is 2. The highest BCUT2D eigenvalue weighted by Crippen LogP contribution is 2.23. The number of nitrogen functional groups attached to an aromatic ring is 1. The topological polar surface area (TPSA) is 44.1 Å². The van der Waals surface area contributed by atoms with Crippen LogP contribution < -0.4 is 39.0 Å². The Morgan fingerprint density at radius 1 is 1.14 bits per heavy atom. The Morgan fingerprint density at radius 3 is 2.59 bits per heavy atom. The van der Waals surface area contributed by atoms with Gasteiger partial charge in [0.2, 0.25) is 0 Å². The standard InChI is InChI=1S/C16H16ClN3O.HI/c1-19-13-7-3-4-8-14(13)20(16(19)18)10-11-21-15-9-5-2-6-12(15)17;/h2-9,18H,10-11H2,1H3;1H. The molecule has 1 aromatic heterocycles. The van der Waals surface area contributed by atoms with Crippen LogP contribution in [0.5, 0.6) is 5.75 Å². The highest BCUT2D eigenvalue weighted by molar-refractivity contribution is 6.32. The lowest BCUT2D eigenvalue weighted by atomic mass is 10.3. The molecule has 4 nitrogen and oxygen atoms in total. The largest absolute Gasteiger partial charge is 1.00 e. The van der Waals surface area contributed by atoms with Crippen LogP contribution in [0.3, 0.4) is 0 Å². The summed E-state index contributed by atoms with van der Waals surface area (Å²) in [7, 11) is 1.96. The summed E-state index contributed by atoms with van der Waals surface area (Å²) in [5, 5.41) is 0.619. The summed E-state index contributed by atoms with van der Waals surface area (Å²) in [6.07, 6.45) is 0. The minimum atomic E-state index is 0. The minimum absolute atomic E-state index is 0. The zero-order chi connectivity index (χ0) is 14.8. The molecule has 0 amide bonds. The normalized spacial score (nSPS) is 10.5. The fourth-order valence-corrected chi connectivity index (χ4v) is 2.64. The smallest absolute Gasteiger partial charge is 0.355 e. The molecule has 0 bridgehead atoms. The molecule has 2 aromatic carbocycles. The van der Waals surface area contributed by atoms with E-state index >= 15 is 0 Å². The number of hydrogen-bond acceptors (Lipinski definition) is 2. The van der Waals surface area contributed by atoms with Gasteiger partial charge in [-0.25, -0.2) is 9.13 Å². The fraction of sp³-hybridized carbons (Fsp3) is 0.188. The molecule has 22 heavy (non-hydrogen) atoms. The van der Waals surface area contributed by atoms with E-state index in [1.165, 1.54) is 0 Å². The molecule has 0 saturated heterocycles. The number of nitrogens with two attached hydrogens (primary N) is 1. The Morgan fingerprint density at radius 2 is 1.82 bits per heavy atom. The number of para-hydroxylation sites is 3. The van der Waals surface area contributed by atoms with Gasteiger partial charge in [-0.1, -0.05) is 35.9 Å². The number of hydrogen-bond donors (Lipinski definition) is 1. The molecule has 0 atom stereocenters. The molecule has 0 fully saturated rings. The van der Waals surface area contributed by atoms with Gasteiger partial charge < -0.3 is 28.7 Å². The molecule has 3 aromatic rings. The fourth-order valence-electron chi connectivity index (χ4n) is 2.45. The van der Waals surface area contributed by atoms with Gasteiger partial charge in [0.05, 0.1) is 12.1 Å². The molecule has 0 radical (unpaired) electrons. The number of benzene rings is 2. The third-order valence-electron chi connectivity index (χ3n) is 3.56. The average Bonchev–Trinajstić information content (AvgIpc) is 2.74. The third-order valence-corrected chi connectivity index (χ3v) is 3.88. The summed E-state index contributed by atoms with van der Waals surface area (Å²) < 4.78 is 9.76. The molecule has 1 heterocycles. The molecule has 3 rings (SSSR count). The Balaban J connectivity index is 0.00000176. The Bertz CT molecular complexity index is 788. The van der Waals surface area contributed by atoms with Crippen molar-refractivity contribution in [3.8, 4) is 5.75 Å². The first-order valence-electron chi connectivity index (χ1n) is 6.78. The highest BCUT2D eigenvalue weighted by Gasteiger charge is 2.17. The van der Waals surface area contributed by atoms with Crippen molar-refractivity contribution in [3.05, 3.63) is 53.6 Å². The van der Waals surface area contributed by atoms with Crippen LogP contribution in [0.4, 0.5) is 5.95 Å². The van der Waals surface area contributed by atoms with Crippen LogP contribution in [0, 0.1) is 0 Å². The van der Waals surface area contributed by atoms with E-state index < -0.39 is 0 Å². The minimum Gasteiger partial charge on any atom is -1.00 e. The quantitative estimate of drug-likeness (QED) is 0.461. The van der Waals surface area contributed by atoms with E-state index in [-0.39, 0.29) is 24.0 Å². The van der Waals surface area contributed by atoms with Gasteiger partial charge in [-0.15, -0.1) is 0 Å². The predicted molar refractivity (Wildman–Crippen MR) is 84.5 cm³/mol. The number of imidazole rings is 1. The van der Waals surface area contributed by atoms with E-state index in [0.29, 0.717) is 29.9 Å². The molecule has 0 aliphatic carbocycles. The summed E-state index contributed by atoms with van der Waals surface area (Å²) in [5.74, 6) is 1.40. The summed E-state index contributed by atoms with van der Waals surface area (Å²) >= 11 is 6.08. The van der Waals surface area contributed by atoms with Gasteiger partial charge in [-0.2, -0.15) is 0 Å². The van der Waals surface area contributed by atoms with Gasteiger partial charge in [0.1, 0.15) is 29.9 Å². The second kappa shape index (κ2) is 7.19. The molecule has 6 heteroatoms. The zero-order valence-electron chi connectivity index (χ0n) is 12.2. The van der Waals surface area contributed by atoms with Gasteiger partial charge >= 0.3 is 5.95 Å². The van der Waals surface area contributed by atoms with E-state index in [0.717, 1.165) is 11.0 Å². The van der Waals surface area contributed by atoms with Crippen molar-refractivity contribution in [1.29, 1.82) is 0 Å². The summed E-state index contributed by atoms with van der Waals surface area (Å²) in [4.78, 5) is 0. The van der Waals surface area contributed by atoms with Gasteiger partial charge in [0.25, 0.3) is 0 Å². The molecule has 2 N–H and O–H groups in total. The maximum atomic E-state index is 6.17. The number of rotatable bonds is 4. The van der Waals surface area contributed by atoms with E-state index in [1.807, 2.05) is 52.6 Å². The van der Waals surface area contributed by atoms with Crippen LogP contribution in [0.2, 0.25) is 5.02 Å². The second-order valence-corrected chi connectivity index (χ2v) is 5.24. The van der Waals surface area contributed by atoms with Crippen LogP contribution in [0.25, 0.3) is 11.0 Å². The number of halogens is 2. The number of anilines is 1. The first-order valence-corrected chi connectivity index (χ1v) is 7.16. The zero-order valence-corrected chi connectivity index (χ0v) is 15.1. The molecular weight excluding hydrogens is 413 g/mol. The van der Waals surface area contributed by atoms with E-state index in [4.69, 9.17) is 22.1 Å². The maximum absolute atomic E-state index is 6.17.